The Labute approximate surface area is 168 Å². The summed E-state index contributed by atoms with van der Waals surface area (Å²) in [6.07, 6.45) is 13.4. The van der Waals surface area contributed by atoms with Gasteiger partial charge in [-0.25, -0.2) is 0 Å². The third-order valence-corrected chi connectivity index (χ3v) is 2.89. The molecule has 0 N–H and O–H groups in total. The zero-order valence-electron chi connectivity index (χ0n) is 15.7. The SMILES string of the molecule is CC(C)=CCC/C(C)=C\C=O.CC(C)=CCC/C(C)=C\C=O.[Y]. The van der Waals surface area contributed by atoms with Crippen molar-refractivity contribution in [2.45, 2.75) is 67.2 Å². The van der Waals surface area contributed by atoms with Crippen molar-refractivity contribution in [1.29, 1.82) is 0 Å². The normalized spacial score (nSPS) is 10.5. The van der Waals surface area contributed by atoms with Crippen molar-refractivity contribution in [3.63, 3.8) is 0 Å². The van der Waals surface area contributed by atoms with Crippen LogP contribution in [0, 0.1) is 0 Å². The fourth-order valence-electron chi connectivity index (χ4n) is 1.58. The number of hydrogen-bond donors (Lipinski definition) is 0. The first-order chi connectivity index (χ1) is 10.3. The summed E-state index contributed by atoms with van der Waals surface area (Å²) in [7, 11) is 0. The predicted molar refractivity (Wildman–Crippen MR) is 97.0 cm³/mol. The van der Waals surface area contributed by atoms with E-state index in [9.17, 15) is 9.59 Å². The maximum absolute atomic E-state index is 10.0. The van der Waals surface area contributed by atoms with Crippen molar-refractivity contribution in [1.82, 2.24) is 0 Å². The third kappa shape index (κ3) is 26.6. The summed E-state index contributed by atoms with van der Waals surface area (Å²) in [6.45, 7) is 12.3. The molecule has 127 valence electrons. The van der Waals surface area contributed by atoms with Crippen molar-refractivity contribution in [2.24, 2.45) is 0 Å². The first kappa shape index (κ1) is 27.3. The van der Waals surface area contributed by atoms with Crippen LogP contribution < -0.4 is 0 Å². The van der Waals surface area contributed by atoms with Gasteiger partial charge in [-0.1, -0.05) is 34.4 Å². The van der Waals surface area contributed by atoms with Gasteiger partial charge in [-0.2, -0.15) is 0 Å². The summed E-state index contributed by atoms with van der Waals surface area (Å²) in [5.41, 5.74) is 4.97. The number of aldehydes is 2. The van der Waals surface area contributed by atoms with Crippen molar-refractivity contribution in [3.05, 3.63) is 46.6 Å². The van der Waals surface area contributed by atoms with Crippen LogP contribution in [0.1, 0.15) is 67.2 Å². The average Bonchev–Trinajstić information content (AvgIpc) is 2.39. The Balaban J connectivity index is -0.000000333. The number of rotatable bonds is 8. The van der Waals surface area contributed by atoms with Gasteiger partial charge in [-0.3, -0.25) is 9.59 Å². The Morgan fingerprint density at radius 2 is 0.957 bits per heavy atom. The van der Waals surface area contributed by atoms with Crippen LogP contribution in [-0.4, -0.2) is 12.6 Å². The Bertz CT molecular complexity index is 391. The Hall–Kier alpha value is -0.596. The van der Waals surface area contributed by atoms with Crippen LogP contribution in [0.3, 0.4) is 0 Å². The fraction of sp³-hybridized carbons (Fsp3) is 0.500. The van der Waals surface area contributed by atoms with Gasteiger partial charge < -0.3 is 0 Å². The van der Waals surface area contributed by atoms with Gasteiger partial charge in [0, 0.05) is 32.7 Å². The van der Waals surface area contributed by atoms with Gasteiger partial charge in [0.2, 0.25) is 0 Å². The molecule has 0 unspecified atom stereocenters. The summed E-state index contributed by atoms with van der Waals surface area (Å²) in [6, 6.07) is 0. The summed E-state index contributed by atoms with van der Waals surface area (Å²) in [4.78, 5) is 20.0. The minimum atomic E-state index is 0. The van der Waals surface area contributed by atoms with Gasteiger partial charge in [0.05, 0.1) is 0 Å². The van der Waals surface area contributed by atoms with Crippen molar-refractivity contribution >= 4 is 12.6 Å². The maximum Gasteiger partial charge on any atom is 0.142 e. The molecule has 3 heteroatoms. The molecule has 0 saturated heterocycles. The molecule has 0 aliphatic carbocycles. The van der Waals surface area contributed by atoms with Gasteiger partial charge in [0.1, 0.15) is 12.6 Å². The van der Waals surface area contributed by atoms with Gasteiger partial charge in [-0.05, 0) is 79.4 Å². The van der Waals surface area contributed by atoms with Crippen LogP contribution in [0.4, 0.5) is 0 Å². The minimum Gasteiger partial charge on any atom is -0.299 e. The van der Waals surface area contributed by atoms with Crippen molar-refractivity contribution in [2.75, 3.05) is 0 Å². The molecule has 0 heterocycles. The van der Waals surface area contributed by atoms with Crippen LogP contribution in [-0.2, 0) is 42.3 Å². The van der Waals surface area contributed by atoms with Gasteiger partial charge in [0.25, 0.3) is 0 Å². The van der Waals surface area contributed by atoms with Crippen LogP contribution in [0.2, 0.25) is 0 Å². The zero-order valence-corrected chi connectivity index (χ0v) is 18.5. The average molecular weight is 393 g/mol. The molecule has 0 aromatic carbocycles. The van der Waals surface area contributed by atoms with Crippen LogP contribution in [0.15, 0.2) is 46.6 Å². The molecule has 1 radical (unpaired) electrons. The van der Waals surface area contributed by atoms with E-state index in [1.807, 2.05) is 13.8 Å². The molecule has 0 saturated carbocycles. The predicted octanol–water partition coefficient (Wildman–Crippen LogP) is 5.75. The molecule has 0 aromatic rings. The standard InChI is InChI=1S/2C10H16O.Y/c2*1-9(2)5-4-6-10(3)7-8-11;/h2*5,7-8H,4,6H2,1-3H3;/b2*10-7-;. The largest absolute Gasteiger partial charge is 0.299 e. The van der Waals surface area contributed by atoms with E-state index in [0.717, 1.165) is 49.4 Å². The van der Waals surface area contributed by atoms with E-state index >= 15 is 0 Å². The smallest absolute Gasteiger partial charge is 0.142 e. The molecule has 0 aliphatic rings. The van der Waals surface area contributed by atoms with Crippen LogP contribution in [0.25, 0.3) is 0 Å². The number of carbonyl (C=O) groups excluding carboxylic acids is 2. The quantitative estimate of drug-likeness (QED) is 0.299. The zero-order chi connectivity index (χ0) is 17.4. The van der Waals surface area contributed by atoms with E-state index < -0.39 is 0 Å². The Morgan fingerprint density at radius 3 is 1.17 bits per heavy atom. The molecule has 0 aromatic heterocycles. The molecule has 2 nitrogen and oxygen atoms in total. The van der Waals surface area contributed by atoms with Crippen LogP contribution >= 0.6 is 0 Å². The van der Waals surface area contributed by atoms with E-state index in [2.05, 4.69) is 39.8 Å². The molecule has 0 atom stereocenters. The van der Waals surface area contributed by atoms with Gasteiger partial charge in [-0.15, -0.1) is 0 Å². The number of carbonyl (C=O) groups is 2. The molecule has 0 bridgehead atoms. The van der Waals surface area contributed by atoms with Gasteiger partial charge >= 0.3 is 0 Å². The van der Waals surface area contributed by atoms with E-state index in [1.165, 1.54) is 11.1 Å². The summed E-state index contributed by atoms with van der Waals surface area (Å²) < 4.78 is 0. The second kappa shape index (κ2) is 19.5. The third-order valence-electron chi connectivity index (χ3n) is 2.89. The summed E-state index contributed by atoms with van der Waals surface area (Å²) >= 11 is 0. The van der Waals surface area contributed by atoms with Crippen molar-refractivity contribution in [3.8, 4) is 0 Å². The number of allylic oxidation sites excluding steroid dienone is 8. The minimum absolute atomic E-state index is 0. The van der Waals surface area contributed by atoms with E-state index in [0.29, 0.717) is 0 Å². The second-order valence-electron chi connectivity index (χ2n) is 5.94. The molecule has 0 fully saturated rings. The molecule has 23 heavy (non-hydrogen) atoms. The van der Waals surface area contributed by atoms with Crippen LogP contribution in [0.5, 0.6) is 0 Å². The Kier molecular flexibility index (Phi) is 23.1. The fourth-order valence-corrected chi connectivity index (χ4v) is 1.58. The van der Waals surface area contributed by atoms with Crippen molar-refractivity contribution < 1.29 is 42.3 Å². The Morgan fingerprint density at radius 1 is 0.652 bits per heavy atom. The molecular weight excluding hydrogens is 361 g/mol. The molecular formula is C20H32O2Y. The molecule has 0 rings (SSSR count). The second-order valence-corrected chi connectivity index (χ2v) is 5.94. The van der Waals surface area contributed by atoms with E-state index in [1.54, 1.807) is 12.2 Å². The summed E-state index contributed by atoms with van der Waals surface area (Å²) in [5.74, 6) is 0. The monoisotopic (exact) mass is 393 g/mol. The summed E-state index contributed by atoms with van der Waals surface area (Å²) in [5, 5.41) is 0. The maximum atomic E-state index is 10.0. The topological polar surface area (TPSA) is 34.1 Å². The molecule has 0 spiro atoms. The first-order valence-electron chi connectivity index (χ1n) is 7.82. The van der Waals surface area contributed by atoms with Gasteiger partial charge in [0.15, 0.2) is 0 Å². The number of hydrogen-bond acceptors (Lipinski definition) is 2. The van der Waals surface area contributed by atoms with E-state index in [4.69, 9.17) is 0 Å². The first-order valence-corrected chi connectivity index (χ1v) is 7.82. The molecule has 0 aliphatic heterocycles. The van der Waals surface area contributed by atoms with E-state index in [-0.39, 0.29) is 32.7 Å². The molecule has 0 amide bonds.